The first-order valence-electron chi connectivity index (χ1n) is 5.82. The second kappa shape index (κ2) is 5.64. The maximum Gasteiger partial charge on any atom is 0.323 e. The number of ether oxygens (including phenoxy) is 1. The van der Waals surface area contributed by atoms with Crippen LogP contribution in [0, 0.1) is 0 Å². The van der Waals surface area contributed by atoms with Crippen LogP contribution >= 0.6 is 0 Å². The summed E-state index contributed by atoms with van der Waals surface area (Å²) in [5.41, 5.74) is 1.22. The first-order valence-corrected chi connectivity index (χ1v) is 5.82. The van der Waals surface area contributed by atoms with Gasteiger partial charge in [-0.2, -0.15) is 0 Å². The molecule has 1 aliphatic rings. The van der Waals surface area contributed by atoms with Gasteiger partial charge in [0.1, 0.15) is 6.04 Å². The van der Waals surface area contributed by atoms with Crippen LogP contribution in [0.3, 0.4) is 0 Å². The topological polar surface area (TPSA) is 29.5 Å². The van der Waals surface area contributed by atoms with Gasteiger partial charge in [0.15, 0.2) is 0 Å². The summed E-state index contributed by atoms with van der Waals surface area (Å²) in [7, 11) is 1.45. The highest BCUT2D eigenvalue weighted by molar-refractivity contribution is 5.76. The average molecular weight is 231 g/mol. The molecule has 3 nitrogen and oxygen atoms in total. The van der Waals surface area contributed by atoms with Gasteiger partial charge >= 0.3 is 5.97 Å². The third kappa shape index (κ3) is 2.94. The van der Waals surface area contributed by atoms with Gasteiger partial charge < -0.3 is 4.74 Å². The van der Waals surface area contributed by atoms with Crippen LogP contribution in [0.25, 0.3) is 0 Å². The molecule has 0 radical (unpaired) electrons. The van der Waals surface area contributed by atoms with Crippen LogP contribution in [0.1, 0.15) is 12.0 Å². The second-order valence-electron chi connectivity index (χ2n) is 4.16. The lowest BCUT2D eigenvalue weighted by molar-refractivity contribution is -0.147. The highest BCUT2D eigenvalue weighted by atomic mass is 16.5. The fourth-order valence-corrected chi connectivity index (χ4v) is 2.09. The van der Waals surface area contributed by atoms with Gasteiger partial charge in [-0.1, -0.05) is 42.5 Å². The van der Waals surface area contributed by atoms with Gasteiger partial charge in [0.05, 0.1) is 7.11 Å². The van der Waals surface area contributed by atoms with E-state index in [9.17, 15) is 4.79 Å². The molecule has 3 heteroatoms. The molecule has 2 rings (SSSR count). The molecule has 1 aromatic carbocycles. The number of esters is 1. The molecule has 0 saturated carbocycles. The fraction of sp³-hybridized carbons (Fsp3) is 0.357. The van der Waals surface area contributed by atoms with Gasteiger partial charge in [0.25, 0.3) is 0 Å². The van der Waals surface area contributed by atoms with E-state index < -0.39 is 0 Å². The van der Waals surface area contributed by atoms with Crippen LogP contribution in [0.5, 0.6) is 0 Å². The van der Waals surface area contributed by atoms with Crippen molar-refractivity contribution in [3.63, 3.8) is 0 Å². The average Bonchev–Trinajstić information content (AvgIpc) is 2.40. The van der Waals surface area contributed by atoms with E-state index in [4.69, 9.17) is 4.74 Å². The number of hydrogen-bond donors (Lipinski definition) is 0. The summed E-state index contributed by atoms with van der Waals surface area (Å²) in [6, 6.07) is 10.0. The maximum absolute atomic E-state index is 11.7. The van der Waals surface area contributed by atoms with Crippen LogP contribution in [-0.2, 0) is 16.1 Å². The lowest BCUT2D eigenvalue weighted by atomic mass is 10.1. The second-order valence-corrected chi connectivity index (χ2v) is 4.16. The SMILES string of the molecule is COC(=O)C1CC=CCN1Cc1ccccc1. The van der Waals surface area contributed by atoms with Crippen LogP contribution in [-0.4, -0.2) is 30.6 Å². The van der Waals surface area contributed by atoms with E-state index in [1.54, 1.807) is 0 Å². The normalized spacial score (nSPS) is 20.2. The predicted molar refractivity (Wildman–Crippen MR) is 66.4 cm³/mol. The van der Waals surface area contributed by atoms with Crippen LogP contribution in [0.4, 0.5) is 0 Å². The minimum atomic E-state index is -0.148. The Morgan fingerprint density at radius 1 is 1.35 bits per heavy atom. The first kappa shape index (κ1) is 11.9. The largest absolute Gasteiger partial charge is 0.468 e. The smallest absolute Gasteiger partial charge is 0.323 e. The Morgan fingerprint density at radius 3 is 2.82 bits per heavy atom. The van der Waals surface area contributed by atoms with Crippen LogP contribution < -0.4 is 0 Å². The minimum Gasteiger partial charge on any atom is -0.468 e. The molecule has 1 atom stereocenters. The first-order chi connectivity index (χ1) is 8.31. The summed E-state index contributed by atoms with van der Waals surface area (Å²) >= 11 is 0. The minimum absolute atomic E-state index is 0.148. The molecule has 1 aliphatic heterocycles. The van der Waals surface area contributed by atoms with Crippen molar-refractivity contribution >= 4 is 5.97 Å². The highest BCUT2D eigenvalue weighted by Crippen LogP contribution is 2.16. The number of carbonyl (C=O) groups is 1. The zero-order valence-electron chi connectivity index (χ0n) is 10.0. The van der Waals surface area contributed by atoms with Gasteiger partial charge in [-0.15, -0.1) is 0 Å². The molecule has 1 unspecified atom stereocenters. The van der Waals surface area contributed by atoms with Crippen molar-refractivity contribution in [1.29, 1.82) is 0 Å². The molecule has 0 bridgehead atoms. The van der Waals surface area contributed by atoms with Crippen molar-refractivity contribution in [1.82, 2.24) is 4.90 Å². The monoisotopic (exact) mass is 231 g/mol. The molecule has 90 valence electrons. The predicted octanol–water partition coefficient (Wildman–Crippen LogP) is 1.99. The van der Waals surface area contributed by atoms with E-state index in [1.807, 2.05) is 24.3 Å². The molecule has 0 spiro atoms. The molecule has 0 aliphatic carbocycles. The van der Waals surface area contributed by atoms with E-state index in [2.05, 4.69) is 23.1 Å². The summed E-state index contributed by atoms with van der Waals surface area (Å²) < 4.78 is 4.84. The summed E-state index contributed by atoms with van der Waals surface area (Å²) in [6.07, 6.45) is 4.88. The van der Waals surface area contributed by atoms with Gasteiger partial charge in [0.2, 0.25) is 0 Å². The molecule has 0 amide bonds. The van der Waals surface area contributed by atoms with Crippen molar-refractivity contribution in [3.05, 3.63) is 48.0 Å². The Bertz CT molecular complexity index is 400. The van der Waals surface area contributed by atoms with Gasteiger partial charge in [-0.3, -0.25) is 9.69 Å². The fourth-order valence-electron chi connectivity index (χ4n) is 2.09. The summed E-state index contributed by atoms with van der Waals surface area (Å²) in [5, 5.41) is 0. The zero-order chi connectivity index (χ0) is 12.1. The van der Waals surface area contributed by atoms with Gasteiger partial charge in [-0.05, 0) is 12.0 Å². The van der Waals surface area contributed by atoms with Crippen molar-refractivity contribution in [2.75, 3.05) is 13.7 Å². The number of hydrogen-bond acceptors (Lipinski definition) is 3. The highest BCUT2D eigenvalue weighted by Gasteiger charge is 2.26. The number of benzene rings is 1. The number of rotatable bonds is 3. The van der Waals surface area contributed by atoms with E-state index in [0.717, 1.165) is 19.5 Å². The Hall–Kier alpha value is -1.61. The summed E-state index contributed by atoms with van der Waals surface area (Å²) in [5.74, 6) is -0.148. The Balaban J connectivity index is 2.07. The summed E-state index contributed by atoms with van der Waals surface area (Å²) in [4.78, 5) is 13.8. The standard InChI is InChI=1S/C14H17NO2/c1-17-14(16)13-9-5-6-10-15(13)11-12-7-3-2-4-8-12/h2-8,13H,9-11H2,1H3. The molecular formula is C14H17NO2. The number of nitrogens with zero attached hydrogens (tertiary/aromatic N) is 1. The van der Waals surface area contributed by atoms with Crippen molar-refractivity contribution < 1.29 is 9.53 Å². The number of carbonyl (C=O) groups excluding carboxylic acids is 1. The van der Waals surface area contributed by atoms with E-state index in [1.165, 1.54) is 12.7 Å². The lowest BCUT2D eigenvalue weighted by Crippen LogP contribution is -2.43. The van der Waals surface area contributed by atoms with Crippen LogP contribution in [0.15, 0.2) is 42.5 Å². The Kier molecular flexibility index (Phi) is 3.94. The van der Waals surface area contributed by atoms with Crippen molar-refractivity contribution in [2.45, 2.75) is 19.0 Å². The Morgan fingerprint density at radius 2 is 2.12 bits per heavy atom. The third-order valence-electron chi connectivity index (χ3n) is 3.01. The molecule has 0 saturated heterocycles. The van der Waals surface area contributed by atoms with Crippen molar-refractivity contribution in [2.24, 2.45) is 0 Å². The van der Waals surface area contributed by atoms with Crippen molar-refractivity contribution in [3.8, 4) is 0 Å². The number of methoxy groups -OCH3 is 1. The molecule has 0 aromatic heterocycles. The third-order valence-corrected chi connectivity index (χ3v) is 3.01. The molecule has 17 heavy (non-hydrogen) atoms. The van der Waals surface area contributed by atoms with Crippen LogP contribution in [0.2, 0.25) is 0 Å². The zero-order valence-corrected chi connectivity index (χ0v) is 10.0. The van der Waals surface area contributed by atoms with E-state index in [-0.39, 0.29) is 12.0 Å². The van der Waals surface area contributed by atoms with Gasteiger partial charge in [0, 0.05) is 13.1 Å². The molecule has 0 fully saturated rings. The molecule has 0 N–H and O–H groups in total. The van der Waals surface area contributed by atoms with E-state index in [0.29, 0.717) is 0 Å². The Labute approximate surface area is 102 Å². The molecular weight excluding hydrogens is 214 g/mol. The lowest BCUT2D eigenvalue weighted by Gasteiger charge is -2.30. The maximum atomic E-state index is 11.7. The molecule has 1 heterocycles. The van der Waals surface area contributed by atoms with E-state index >= 15 is 0 Å². The quantitative estimate of drug-likeness (QED) is 0.588. The summed E-state index contributed by atoms with van der Waals surface area (Å²) in [6.45, 7) is 1.58. The van der Waals surface area contributed by atoms with Gasteiger partial charge in [-0.25, -0.2) is 0 Å². The molecule has 1 aromatic rings.